The molecule has 0 aromatic heterocycles. The second kappa shape index (κ2) is 6.53. The van der Waals surface area contributed by atoms with Gasteiger partial charge >= 0.3 is 12.0 Å². The van der Waals surface area contributed by atoms with Crippen LogP contribution in [0.2, 0.25) is 0 Å². The van der Waals surface area contributed by atoms with Crippen LogP contribution in [-0.4, -0.2) is 35.6 Å². The zero-order chi connectivity index (χ0) is 14.4. The second-order valence-corrected chi connectivity index (χ2v) is 3.85. The maximum Gasteiger partial charge on any atom is 0.328 e. The number of carbonyl (C=O) groups is 2. The molecule has 0 spiro atoms. The Kier molecular flexibility index (Phi) is 5.05. The van der Waals surface area contributed by atoms with Gasteiger partial charge in [0.25, 0.3) is 0 Å². The summed E-state index contributed by atoms with van der Waals surface area (Å²) < 4.78 is 13.4. The van der Waals surface area contributed by atoms with Gasteiger partial charge in [-0.3, -0.25) is 0 Å². The summed E-state index contributed by atoms with van der Waals surface area (Å²) in [6, 6.07) is 3.64. The van der Waals surface area contributed by atoms with Crippen LogP contribution in [0, 0.1) is 5.82 Å². The number of rotatable bonds is 4. The molecule has 0 saturated heterocycles. The summed E-state index contributed by atoms with van der Waals surface area (Å²) in [4.78, 5) is 23.5. The van der Waals surface area contributed by atoms with Crippen molar-refractivity contribution in [1.82, 2.24) is 4.90 Å². The number of carbonyl (C=O) groups excluding carboxylic acids is 1. The summed E-state index contributed by atoms with van der Waals surface area (Å²) in [5, 5.41) is 11.1. The molecule has 0 bridgehead atoms. The molecule has 1 aromatic rings. The SMILES string of the molecule is CCN(C)C(=O)Nc1ccc(F)c(/C=C/C(=O)O)c1. The topological polar surface area (TPSA) is 69.6 Å². The van der Waals surface area contributed by atoms with Gasteiger partial charge in [-0.2, -0.15) is 0 Å². The van der Waals surface area contributed by atoms with Gasteiger partial charge in [0.2, 0.25) is 0 Å². The number of aliphatic carboxylic acids is 1. The summed E-state index contributed by atoms with van der Waals surface area (Å²) >= 11 is 0. The van der Waals surface area contributed by atoms with Gasteiger partial charge in [-0.15, -0.1) is 0 Å². The van der Waals surface area contributed by atoms with Crippen molar-refractivity contribution < 1.29 is 19.1 Å². The number of amides is 2. The number of benzene rings is 1. The number of hydrogen-bond donors (Lipinski definition) is 2. The third-order valence-corrected chi connectivity index (χ3v) is 2.47. The van der Waals surface area contributed by atoms with Crippen LogP contribution in [0.15, 0.2) is 24.3 Å². The van der Waals surface area contributed by atoms with E-state index in [2.05, 4.69) is 5.32 Å². The van der Waals surface area contributed by atoms with Crippen LogP contribution < -0.4 is 5.32 Å². The van der Waals surface area contributed by atoms with Crippen LogP contribution in [0.25, 0.3) is 6.08 Å². The van der Waals surface area contributed by atoms with Crippen LogP contribution in [0.5, 0.6) is 0 Å². The molecule has 19 heavy (non-hydrogen) atoms. The van der Waals surface area contributed by atoms with Crippen molar-refractivity contribution in [2.24, 2.45) is 0 Å². The van der Waals surface area contributed by atoms with Crippen LogP contribution >= 0.6 is 0 Å². The highest BCUT2D eigenvalue weighted by Crippen LogP contribution is 2.16. The molecular formula is C13H15FN2O3. The van der Waals surface area contributed by atoms with E-state index < -0.39 is 11.8 Å². The molecule has 0 saturated carbocycles. The second-order valence-electron chi connectivity index (χ2n) is 3.85. The summed E-state index contributed by atoms with van der Waals surface area (Å²) in [7, 11) is 1.63. The fourth-order valence-electron chi connectivity index (χ4n) is 1.27. The van der Waals surface area contributed by atoms with Crippen LogP contribution in [-0.2, 0) is 4.79 Å². The van der Waals surface area contributed by atoms with E-state index >= 15 is 0 Å². The summed E-state index contributed by atoms with van der Waals surface area (Å²) in [6.07, 6.45) is 1.97. The Morgan fingerprint density at radius 1 is 1.47 bits per heavy atom. The van der Waals surface area contributed by atoms with E-state index in [4.69, 9.17) is 5.11 Å². The molecule has 0 aliphatic carbocycles. The lowest BCUT2D eigenvalue weighted by Crippen LogP contribution is -2.30. The molecule has 0 atom stereocenters. The van der Waals surface area contributed by atoms with Gasteiger partial charge in [0.15, 0.2) is 0 Å². The van der Waals surface area contributed by atoms with Crippen molar-refractivity contribution in [1.29, 1.82) is 0 Å². The highest BCUT2D eigenvalue weighted by molar-refractivity contribution is 5.90. The van der Waals surface area contributed by atoms with E-state index in [-0.39, 0.29) is 11.6 Å². The maximum atomic E-state index is 13.4. The molecule has 2 N–H and O–H groups in total. The number of nitrogens with zero attached hydrogens (tertiary/aromatic N) is 1. The number of carboxylic acids is 1. The van der Waals surface area contributed by atoms with Gasteiger partial charge in [-0.25, -0.2) is 14.0 Å². The average Bonchev–Trinajstić information content (AvgIpc) is 2.38. The Morgan fingerprint density at radius 3 is 2.74 bits per heavy atom. The highest BCUT2D eigenvalue weighted by atomic mass is 19.1. The van der Waals surface area contributed by atoms with Crippen molar-refractivity contribution >= 4 is 23.8 Å². The summed E-state index contributed by atoms with van der Waals surface area (Å²) in [5.41, 5.74) is 0.496. The third kappa shape index (κ3) is 4.42. The number of hydrogen-bond acceptors (Lipinski definition) is 2. The summed E-state index contributed by atoms with van der Waals surface area (Å²) in [6.45, 7) is 2.37. The zero-order valence-electron chi connectivity index (χ0n) is 10.7. The predicted molar refractivity (Wildman–Crippen MR) is 70.4 cm³/mol. The Labute approximate surface area is 110 Å². The fraction of sp³-hybridized carbons (Fsp3) is 0.231. The molecule has 0 aliphatic heterocycles. The Bertz CT molecular complexity index is 515. The van der Waals surface area contributed by atoms with Crippen molar-refractivity contribution in [2.45, 2.75) is 6.92 Å². The first-order valence-corrected chi connectivity index (χ1v) is 5.66. The minimum absolute atomic E-state index is 0.0966. The van der Waals surface area contributed by atoms with Gasteiger partial charge in [0.05, 0.1) is 0 Å². The van der Waals surface area contributed by atoms with E-state index in [9.17, 15) is 14.0 Å². The Hall–Kier alpha value is -2.37. The van der Waals surface area contributed by atoms with Crippen molar-refractivity contribution in [3.05, 3.63) is 35.7 Å². The molecule has 1 aromatic carbocycles. The summed E-state index contributed by atoms with van der Waals surface area (Å²) in [5.74, 6) is -1.72. The predicted octanol–water partition coefficient (Wildman–Crippen LogP) is 2.41. The monoisotopic (exact) mass is 266 g/mol. The number of urea groups is 1. The zero-order valence-corrected chi connectivity index (χ0v) is 10.7. The van der Waals surface area contributed by atoms with Gasteiger partial charge in [0.1, 0.15) is 5.82 Å². The number of nitrogens with one attached hydrogen (secondary N) is 1. The lowest BCUT2D eigenvalue weighted by atomic mass is 10.1. The molecule has 0 aliphatic rings. The molecule has 1 rings (SSSR count). The Balaban J connectivity index is 2.90. The van der Waals surface area contributed by atoms with Crippen LogP contribution in [0.4, 0.5) is 14.9 Å². The van der Waals surface area contributed by atoms with E-state index in [0.29, 0.717) is 12.2 Å². The van der Waals surface area contributed by atoms with E-state index in [1.54, 1.807) is 7.05 Å². The highest BCUT2D eigenvalue weighted by Gasteiger charge is 2.08. The van der Waals surface area contributed by atoms with E-state index in [1.807, 2.05) is 6.92 Å². The van der Waals surface area contributed by atoms with Gasteiger partial charge in [-0.1, -0.05) is 0 Å². The van der Waals surface area contributed by atoms with Crippen molar-refractivity contribution in [2.75, 3.05) is 18.9 Å². The minimum atomic E-state index is -1.17. The van der Waals surface area contributed by atoms with Crippen LogP contribution in [0.3, 0.4) is 0 Å². The standard InChI is InChI=1S/C13H15FN2O3/c1-3-16(2)13(19)15-10-5-6-11(14)9(8-10)4-7-12(17)18/h4-8H,3H2,1-2H3,(H,15,19)(H,17,18)/b7-4+. The molecule has 102 valence electrons. The van der Waals surface area contributed by atoms with E-state index in [0.717, 1.165) is 12.2 Å². The van der Waals surface area contributed by atoms with Gasteiger partial charge in [-0.05, 0) is 31.2 Å². The molecule has 0 radical (unpaired) electrons. The maximum absolute atomic E-state index is 13.4. The minimum Gasteiger partial charge on any atom is -0.478 e. The number of anilines is 1. The quantitative estimate of drug-likeness (QED) is 0.822. The van der Waals surface area contributed by atoms with Crippen LogP contribution in [0.1, 0.15) is 12.5 Å². The van der Waals surface area contributed by atoms with Crippen molar-refractivity contribution in [3.63, 3.8) is 0 Å². The average molecular weight is 266 g/mol. The lowest BCUT2D eigenvalue weighted by molar-refractivity contribution is -0.131. The number of halogens is 1. The largest absolute Gasteiger partial charge is 0.478 e. The normalized spacial score (nSPS) is 10.5. The molecular weight excluding hydrogens is 251 g/mol. The molecule has 0 heterocycles. The first kappa shape index (κ1) is 14.7. The third-order valence-electron chi connectivity index (χ3n) is 2.47. The lowest BCUT2D eigenvalue weighted by Gasteiger charge is -2.15. The Morgan fingerprint density at radius 2 is 2.16 bits per heavy atom. The molecule has 0 unspecified atom stereocenters. The first-order valence-electron chi connectivity index (χ1n) is 5.66. The smallest absolute Gasteiger partial charge is 0.328 e. The van der Waals surface area contributed by atoms with Crippen molar-refractivity contribution in [3.8, 4) is 0 Å². The van der Waals surface area contributed by atoms with Gasteiger partial charge < -0.3 is 15.3 Å². The molecule has 0 fully saturated rings. The molecule has 2 amide bonds. The number of carboxylic acid groups (broad SMARTS) is 1. The molecule has 5 nitrogen and oxygen atoms in total. The van der Waals surface area contributed by atoms with E-state index in [1.165, 1.54) is 23.1 Å². The fourth-order valence-corrected chi connectivity index (χ4v) is 1.27. The van der Waals surface area contributed by atoms with Gasteiger partial charge in [0, 0.05) is 30.9 Å². The molecule has 6 heteroatoms. The first-order chi connectivity index (χ1) is 8.93.